The molecule has 0 N–H and O–H groups in total. The first-order valence-corrected chi connectivity index (χ1v) is 5.71. The molecule has 0 saturated carbocycles. The van der Waals surface area contributed by atoms with Crippen LogP contribution >= 0.6 is 0 Å². The van der Waals surface area contributed by atoms with Gasteiger partial charge in [0.25, 0.3) is 0 Å². The maximum Gasteiger partial charge on any atom is 0.514 e. The molecule has 0 saturated heterocycles. The molecule has 0 amide bonds. The monoisotopic (exact) mass is 250 g/mol. The summed E-state index contributed by atoms with van der Waals surface area (Å²) < 4.78 is 9.94. The van der Waals surface area contributed by atoms with Crippen molar-refractivity contribution in [3.8, 4) is 5.75 Å². The lowest BCUT2D eigenvalue weighted by molar-refractivity contribution is 0.0204. The first kappa shape index (κ1) is 14.2. The molecule has 0 aliphatic rings. The van der Waals surface area contributed by atoms with E-state index in [2.05, 4.69) is 0 Å². The molecule has 0 radical (unpaired) electrons. The fourth-order valence-corrected chi connectivity index (χ4v) is 1.37. The third-order valence-corrected chi connectivity index (χ3v) is 2.11. The molecular weight excluding hydrogens is 232 g/mol. The van der Waals surface area contributed by atoms with Crippen LogP contribution < -0.4 is 10.2 Å². The Labute approximate surface area is 107 Å². The van der Waals surface area contributed by atoms with E-state index in [0.29, 0.717) is 5.56 Å². The van der Waals surface area contributed by atoms with Gasteiger partial charge in [-0.05, 0) is 40.7 Å². The van der Waals surface area contributed by atoms with E-state index < -0.39 is 11.8 Å². The minimum absolute atomic E-state index is 0.0187. The lowest BCUT2D eigenvalue weighted by atomic mass is 10.2. The molecule has 0 atom stereocenters. The van der Waals surface area contributed by atoms with Crippen molar-refractivity contribution in [2.45, 2.75) is 40.2 Å². The van der Waals surface area contributed by atoms with Gasteiger partial charge in [0.2, 0.25) is 5.43 Å². The third kappa shape index (κ3) is 4.20. The smallest absolute Gasteiger partial charge is 0.428 e. The average Bonchev–Trinajstić information content (AvgIpc) is 2.29. The van der Waals surface area contributed by atoms with Gasteiger partial charge in [0, 0.05) is 5.56 Å². The normalized spacial score (nSPS) is 10.9. The summed E-state index contributed by atoms with van der Waals surface area (Å²) in [7, 11) is 0. The molecule has 18 heavy (non-hydrogen) atoms. The van der Waals surface area contributed by atoms with E-state index in [9.17, 15) is 9.59 Å². The largest absolute Gasteiger partial charge is 0.514 e. The van der Waals surface area contributed by atoms with Gasteiger partial charge >= 0.3 is 6.16 Å². The number of carbonyl (C=O) groups excluding carboxylic acids is 1. The highest BCUT2D eigenvalue weighted by molar-refractivity contribution is 5.64. The molecule has 0 aliphatic heterocycles. The van der Waals surface area contributed by atoms with Crippen LogP contribution in [0.3, 0.4) is 0 Å². The van der Waals surface area contributed by atoms with E-state index in [0.717, 1.165) is 5.56 Å². The van der Waals surface area contributed by atoms with Gasteiger partial charge < -0.3 is 9.47 Å². The summed E-state index contributed by atoms with van der Waals surface area (Å²) in [5, 5.41) is 0. The van der Waals surface area contributed by atoms with Gasteiger partial charge in [-0.3, -0.25) is 4.79 Å². The van der Waals surface area contributed by atoms with E-state index in [1.165, 1.54) is 6.07 Å². The number of ether oxygens (including phenoxy) is 2. The molecule has 0 spiro atoms. The quantitative estimate of drug-likeness (QED) is 0.719. The zero-order chi connectivity index (χ0) is 13.9. The maximum atomic E-state index is 11.9. The van der Waals surface area contributed by atoms with Crippen molar-refractivity contribution in [1.29, 1.82) is 0 Å². The summed E-state index contributed by atoms with van der Waals surface area (Å²) in [6, 6.07) is 4.94. The van der Waals surface area contributed by atoms with Crippen molar-refractivity contribution < 1.29 is 14.3 Å². The second-order valence-corrected chi connectivity index (χ2v) is 5.16. The fourth-order valence-electron chi connectivity index (χ4n) is 1.37. The van der Waals surface area contributed by atoms with Gasteiger partial charge in [-0.1, -0.05) is 17.7 Å². The minimum atomic E-state index is -0.872. The summed E-state index contributed by atoms with van der Waals surface area (Å²) in [5.41, 5.74) is 0.482. The van der Waals surface area contributed by atoms with E-state index in [-0.39, 0.29) is 11.2 Å². The minimum Gasteiger partial charge on any atom is -0.428 e. The SMILES string of the molecule is Cc1ccc(OC(=O)OC(C)(C)C)c(=O)c(C)c1. The molecule has 0 fully saturated rings. The molecule has 1 aromatic carbocycles. The van der Waals surface area contributed by atoms with Crippen LogP contribution in [0.1, 0.15) is 31.9 Å². The highest BCUT2D eigenvalue weighted by Crippen LogP contribution is 2.11. The van der Waals surface area contributed by atoms with Crippen LogP contribution in [0.25, 0.3) is 0 Å². The Hall–Kier alpha value is -1.84. The molecule has 4 heteroatoms. The van der Waals surface area contributed by atoms with Crippen molar-refractivity contribution >= 4 is 6.16 Å². The van der Waals surface area contributed by atoms with Crippen LogP contribution in [0.4, 0.5) is 4.79 Å². The van der Waals surface area contributed by atoms with E-state index in [1.807, 2.05) is 6.92 Å². The van der Waals surface area contributed by atoms with Crippen molar-refractivity contribution in [2.75, 3.05) is 0 Å². The molecule has 1 aromatic rings. The van der Waals surface area contributed by atoms with Crippen molar-refractivity contribution in [2.24, 2.45) is 0 Å². The lowest BCUT2D eigenvalue weighted by Gasteiger charge is -2.18. The first-order valence-electron chi connectivity index (χ1n) is 5.71. The molecule has 4 nitrogen and oxygen atoms in total. The van der Waals surface area contributed by atoms with Crippen LogP contribution in [0.2, 0.25) is 0 Å². The van der Waals surface area contributed by atoms with Crippen LogP contribution in [0.5, 0.6) is 5.75 Å². The van der Waals surface area contributed by atoms with E-state index in [1.54, 1.807) is 39.8 Å². The van der Waals surface area contributed by atoms with E-state index >= 15 is 0 Å². The van der Waals surface area contributed by atoms with Gasteiger partial charge in [-0.2, -0.15) is 0 Å². The standard InChI is InChI=1S/C14H18O4/c1-9-6-7-11(12(15)10(2)8-9)17-13(16)18-14(3,4)5/h6-8H,1-5H3. The van der Waals surface area contributed by atoms with Crippen LogP contribution in [-0.4, -0.2) is 11.8 Å². The Morgan fingerprint density at radius 3 is 2.33 bits per heavy atom. The Morgan fingerprint density at radius 2 is 1.78 bits per heavy atom. The van der Waals surface area contributed by atoms with Crippen LogP contribution in [0.15, 0.2) is 23.0 Å². The topological polar surface area (TPSA) is 52.6 Å². The first-order chi connectivity index (χ1) is 8.19. The molecular formula is C14H18O4. The number of hydrogen-bond donors (Lipinski definition) is 0. The molecule has 0 aromatic heterocycles. The number of aryl methyl sites for hydroxylation is 2. The van der Waals surface area contributed by atoms with E-state index in [4.69, 9.17) is 9.47 Å². The number of carbonyl (C=O) groups is 1. The maximum absolute atomic E-state index is 11.9. The molecule has 0 aliphatic carbocycles. The average molecular weight is 250 g/mol. The summed E-state index contributed by atoms with van der Waals surface area (Å²) >= 11 is 0. The second-order valence-electron chi connectivity index (χ2n) is 5.16. The third-order valence-electron chi connectivity index (χ3n) is 2.11. The fraction of sp³-hybridized carbons (Fsp3) is 0.429. The van der Waals surface area contributed by atoms with Gasteiger partial charge in [0.1, 0.15) is 5.60 Å². The Bertz CT molecular complexity index is 512. The van der Waals surface area contributed by atoms with Gasteiger partial charge in [-0.15, -0.1) is 0 Å². The van der Waals surface area contributed by atoms with Gasteiger partial charge in [-0.25, -0.2) is 4.79 Å². The zero-order valence-corrected chi connectivity index (χ0v) is 11.4. The molecule has 98 valence electrons. The van der Waals surface area contributed by atoms with Gasteiger partial charge in [0.05, 0.1) is 0 Å². The van der Waals surface area contributed by atoms with Crippen LogP contribution in [0, 0.1) is 13.8 Å². The predicted molar refractivity (Wildman–Crippen MR) is 69.0 cm³/mol. The van der Waals surface area contributed by atoms with Crippen molar-refractivity contribution in [3.63, 3.8) is 0 Å². The lowest BCUT2D eigenvalue weighted by Crippen LogP contribution is -2.27. The Balaban J connectivity index is 3.00. The number of rotatable bonds is 1. The predicted octanol–water partition coefficient (Wildman–Crippen LogP) is 2.98. The molecule has 0 heterocycles. The second kappa shape index (κ2) is 5.21. The zero-order valence-electron chi connectivity index (χ0n) is 11.4. The Morgan fingerprint density at radius 1 is 1.17 bits per heavy atom. The summed E-state index contributed by atoms with van der Waals surface area (Å²) in [4.78, 5) is 23.4. The Kier molecular flexibility index (Phi) is 4.11. The van der Waals surface area contributed by atoms with Crippen molar-refractivity contribution in [3.05, 3.63) is 39.5 Å². The highest BCUT2D eigenvalue weighted by atomic mass is 16.7. The summed E-state index contributed by atoms with van der Waals surface area (Å²) in [5.74, 6) is -0.0187. The van der Waals surface area contributed by atoms with Crippen molar-refractivity contribution in [1.82, 2.24) is 0 Å². The summed E-state index contributed by atoms with van der Waals surface area (Å²) in [6.45, 7) is 8.73. The molecule has 0 bridgehead atoms. The summed E-state index contributed by atoms with van der Waals surface area (Å²) in [6.07, 6.45) is -0.872. The highest BCUT2D eigenvalue weighted by Gasteiger charge is 2.19. The van der Waals surface area contributed by atoms with Crippen LogP contribution in [-0.2, 0) is 4.74 Å². The molecule has 1 rings (SSSR count). The number of hydrogen-bond acceptors (Lipinski definition) is 4. The van der Waals surface area contributed by atoms with Gasteiger partial charge in [0.15, 0.2) is 5.75 Å². The molecule has 0 unspecified atom stereocenters.